The molecule has 0 amide bonds. The van der Waals surface area contributed by atoms with E-state index in [0.717, 1.165) is 34.9 Å². The molecule has 0 spiro atoms. The Bertz CT molecular complexity index is 2780. The summed E-state index contributed by atoms with van der Waals surface area (Å²) in [4.78, 5) is 0. The zero-order valence-electron chi connectivity index (χ0n) is 46.8. The predicted molar refractivity (Wildman–Crippen MR) is 326 cm³/mol. The maximum atomic E-state index is 6.83. The van der Waals surface area contributed by atoms with Gasteiger partial charge in [-0.25, -0.2) is 0 Å². The number of methoxy groups -OCH3 is 2. The van der Waals surface area contributed by atoms with E-state index in [0.29, 0.717) is 11.8 Å². The first kappa shape index (κ1) is 54.5. The van der Waals surface area contributed by atoms with Crippen LogP contribution in [0.2, 0.25) is 0 Å². The van der Waals surface area contributed by atoms with Crippen LogP contribution in [0.3, 0.4) is 0 Å². The van der Waals surface area contributed by atoms with Crippen LogP contribution in [0.15, 0.2) is 170 Å². The summed E-state index contributed by atoms with van der Waals surface area (Å²) in [6, 6.07) is 64.4. The van der Waals surface area contributed by atoms with Gasteiger partial charge >= 0.3 is 0 Å². The maximum Gasteiger partial charge on any atom is 0.127 e. The van der Waals surface area contributed by atoms with Crippen LogP contribution in [0, 0.1) is 0 Å². The molecule has 0 saturated heterocycles. The molecule has 8 aromatic rings. The molecule has 8 rings (SSSR count). The van der Waals surface area contributed by atoms with Gasteiger partial charge in [-0.2, -0.15) is 0 Å². The maximum absolute atomic E-state index is 6.83. The third-order valence-electron chi connectivity index (χ3n) is 14.9. The zero-order valence-corrected chi connectivity index (χ0v) is 48.5. The lowest BCUT2D eigenvalue weighted by Gasteiger charge is -2.31. The standard InChI is InChI=1S/C70H80O2P2/c1-45(2)51-39-59(47(5)6)67(60(40-51)48(7)8)57-35-37-65(71-13)69(63(57)43-73(53-27-19-15-20-28-53)54-29-21-16-22-30-54)70-64(44-74(55-31-23-17-24-32-55)56-33-25-18-26-34-56)58(36-38-66(70)72-14)68-61(49(9)10)41-52(46(3)4)42-62(68)50(11)12/h15-42,45-50H,43-44H2,1-14H3. The summed E-state index contributed by atoms with van der Waals surface area (Å²) < 4.78 is 13.7. The molecule has 0 saturated carbocycles. The fraction of sp³-hybridized carbons (Fsp3) is 0.314. The zero-order chi connectivity index (χ0) is 52.8. The predicted octanol–water partition coefficient (Wildman–Crippen LogP) is 18.7. The molecule has 382 valence electrons. The van der Waals surface area contributed by atoms with Crippen LogP contribution >= 0.6 is 15.8 Å². The van der Waals surface area contributed by atoms with E-state index < -0.39 is 15.8 Å². The number of hydrogen-bond acceptors (Lipinski definition) is 2. The largest absolute Gasteiger partial charge is 0.496 e. The molecule has 0 aliphatic rings. The molecule has 0 aromatic heterocycles. The second-order valence-electron chi connectivity index (χ2n) is 21.9. The van der Waals surface area contributed by atoms with Crippen molar-refractivity contribution in [3.05, 3.63) is 214 Å². The number of hydrogen-bond donors (Lipinski definition) is 0. The summed E-state index contributed by atoms with van der Waals surface area (Å²) in [7, 11) is 1.90. The minimum Gasteiger partial charge on any atom is -0.496 e. The van der Waals surface area contributed by atoms with E-state index in [2.05, 4.69) is 253 Å². The van der Waals surface area contributed by atoms with Crippen LogP contribution in [0.25, 0.3) is 33.4 Å². The summed E-state index contributed by atoms with van der Waals surface area (Å²) >= 11 is 0. The van der Waals surface area contributed by atoms with E-state index in [9.17, 15) is 0 Å². The van der Waals surface area contributed by atoms with Gasteiger partial charge in [0.1, 0.15) is 11.5 Å². The fourth-order valence-electron chi connectivity index (χ4n) is 10.9. The van der Waals surface area contributed by atoms with Crippen molar-refractivity contribution >= 4 is 37.1 Å². The SMILES string of the molecule is COc1ccc(-c2c(C(C)C)cc(C(C)C)cc2C(C)C)c(CP(c2ccccc2)c2ccccc2)c1-c1c(OC)ccc(-c2c(C(C)C)cc(C(C)C)cc2C(C)C)c1CP(c1ccccc1)c1ccccc1. The molecular weight excluding hydrogens is 935 g/mol. The third kappa shape index (κ3) is 11.5. The van der Waals surface area contributed by atoms with E-state index >= 15 is 0 Å². The molecule has 2 nitrogen and oxygen atoms in total. The van der Waals surface area contributed by atoms with Crippen molar-refractivity contribution in [2.75, 3.05) is 14.2 Å². The second kappa shape index (κ2) is 24.3. The molecule has 0 heterocycles. The summed E-state index contributed by atoms with van der Waals surface area (Å²) in [6.45, 7) is 28.3. The molecule has 8 aromatic carbocycles. The summed E-state index contributed by atoms with van der Waals surface area (Å²) in [6.07, 6.45) is 1.59. The van der Waals surface area contributed by atoms with E-state index in [1.807, 2.05) is 14.2 Å². The normalized spacial score (nSPS) is 11.9. The molecule has 0 aliphatic carbocycles. The van der Waals surface area contributed by atoms with Crippen LogP contribution in [0.5, 0.6) is 11.5 Å². The van der Waals surface area contributed by atoms with Gasteiger partial charge in [0.2, 0.25) is 0 Å². The lowest BCUT2D eigenvalue weighted by Crippen LogP contribution is -2.16. The highest BCUT2D eigenvalue weighted by Crippen LogP contribution is 2.56. The first-order valence-electron chi connectivity index (χ1n) is 27.1. The van der Waals surface area contributed by atoms with Crippen molar-refractivity contribution in [3.63, 3.8) is 0 Å². The van der Waals surface area contributed by atoms with Gasteiger partial charge in [-0.1, -0.05) is 241 Å². The Morgan fingerprint density at radius 2 is 0.568 bits per heavy atom. The smallest absolute Gasteiger partial charge is 0.127 e. The van der Waals surface area contributed by atoms with E-state index in [4.69, 9.17) is 9.47 Å². The van der Waals surface area contributed by atoms with Crippen LogP contribution < -0.4 is 30.7 Å². The highest BCUT2D eigenvalue weighted by molar-refractivity contribution is 7.72. The van der Waals surface area contributed by atoms with Crippen LogP contribution in [0.4, 0.5) is 0 Å². The monoisotopic (exact) mass is 1010 g/mol. The highest BCUT2D eigenvalue weighted by Gasteiger charge is 2.33. The van der Waals surface area contributed by atoms with Crippen molar-refractivity contribution < 1.29 is 9.47 Å². The molecule has 0 unspecified atom stereocenters. The van der Waals surface area contributed by atoms with Crippen molar-refractivity contribution in [3.8, 4) is 44.9 Å². The number of benzene rings is 8. The van der Waals surface area contributed by atoms with Gasteiger partial charge in [-0.3, -0.25) is 0 Å². The average molecular weight is 1020 g/mol. The van der Waals surface area contributed by atoms with Crippen molar-refractivity contribution in [2.24, 2.45) is 0 Å². The minimum absolute atomic E-state index is 0.288. The highest BCUT2D eigenvalue weighted by atomic mass is 31.1. The van der Waals surface area contributed by atoms with E-state index in [1.165, 1.54) is 88.0 Å². The molecule has 74 heavy (non-hydrogen) atoms. The summed E-state index contributed by atoms with van der Waals surface area (Å²) in [5.74, 6) is 3.67. The van der Waals surface area contributed by atoms with Crippen molar-refractivity contribution in [2.45, 2.75) is 131 Å². The molecule has 0 fully saturated rings. The quantitative estimate of drug-likeness (QED) is 0.0752. The van der Waals surface area contributed by atoms with Gasteiger partial charge < -0.3 is 9.47 Å². The van der Waals surface area contributed by atoms with Gasteiger partial charge in [0.05, 0.1) is 14.2 Å². The summed E-state index contributed by atoms with van der Waals surface area (Å²) in [5.41, 5.74) is 18.5. The fourth-order valence-corrected chi connectivity index (χ4v) is 15.6. The Morgan fingerprint density at radius 3 is 0.784 bits per heavy atom. The van der Waals surface area contributed by atoms with Crippen molar-refractivity contribution in [1.29, 1.82) is 0 Å². The number of ether oxygens (including phenoxy) is 2. The van der Waals surface area contributed by atoms with Crippen LogP contribution in [-0.4, -0.2) is 14.2 Å². The molecule has 0 N–H and O–H groups in total. The first-order valence-corrected chi connectivity index (χ1v) is 30.2. The van der Waals surface area contributed by atoms with Gasteiger partial charge in [0.25, 0.3) is 0 Å². The third-order valence-corrected chi connectivity index (χ3v) is 19.9. The Morgan fingerprint density at radius 1 is 0.311 bits per heavy atom. The van der Waals surface area contributed by atoms with Gasteiger partial charge in [0.15, 0.2) is 0 Å². The van der Waals surface area contributed by atoms with Gasteiger partial charge in [-0.05, 0) is 151 Å². The summed E-state index contributed by atoms with van der Waals surface area (Å²) in [5, 5.41) is 5.40. The Hall–Kier alpha value is -5.78. The molecule has 0 radical (unpaired) electrons. The second-order valence-corrected chi connectivity index (χ2v) is 26.3. The topological polar surface area (TPSA) is 18.5 Å². The van der Waals surface area contributed by atoms with Crippen molar-refractivity contribution in [1.82, 2.24) is 0 Å². The Balaban J connectivity index is 1.61. The number of rotatable bonds is 19. The Labute approximate surface area is 448 Å². The lowest BCUT2D eigenvalue weighted by molar-refractivity contribution is 0.410. The minimum atomic E-state index is -0.918. The van der Waals surface area contributed by atoms with Crippen LogP contribution in [-0.2, 0) is 12.3 Å². The molecular formula is C70H80O2P2. The molecule has 4 heteroatoms. The Kier molecular flexibility index (Phi) is 17.9. The average Bonchev–Trinajstić information content (AvgIpc) is 3.41. The van der Waals surface area contributed by atoms with E-state index in [-0.39, 0.29) is 23.7 Å². The van der Waals surface area contributed by atoms with Crippen LogP contribution in [0.1, 0.15) is 163 Å². The van der Waals surface area contributed by atoms with Gasteiger partial charge in [0, 0.05) is 23.5 Å². The molecule has 0 atom stereocenters. The van der Waals surface area contributed by atoms with E-state index in [1.54, 1.807) is 0 Å². The first-order chi connectivity index (χ1) is 35.6. The lowest BCUT2D eigenvalue weighted by atomic mass is 9.78. The molecule has 0 aliphatic heterocycles. The van der Waals surface area contributed by atoms with Gasteiger partial charge in [-0.15, -0.1) is 0 Å². The molecule has 0 bridgehead atoms.